The highest BCUT2D eigenvalue weighted by Crippen LogP contribution is 2.44. The zero-order valence-electron chi connectivity index (χ0n) is 25.5. The number of hydrazine groups is 1. The molecule has 46 heavy (non-hydrogen) atoms. The fraction of sp³-hybridized carbons (Fsp3) is 0.257. The molecular formula is C35H36N6O5. The average molecular weight is 621 g/mol. The summed E-state index contributed by atoms with van der Waals surface area (Å²) in [6.07, 6.45) is 0.425. The van der Waals surface area contributed by atoms with E-state index < -0.39 is 17.6 Å². The van der Waals surface area contributed by atoms with Gasteiger partial charge in [0.1, 0.15) is 11.5 Å². The quantitative estimate of drug-likeness (QED) is 0.0506. The van der Waals surface area contributed by atoms with Gasteiger partial charge in [-0.3, -0.25) is 10.2 Å². The summed E-state index contributed by atoms with van der Waals surface area (Å²) in [6.45, 7) is 0.916. The molecule has 0 aromatic heterocycles. The second-order valence-corrected chi connectivity index (χ2v) is 10.7. The molecule has 0 spiro atoms. The molecule has 0 saturated heterocycles. The van der Waals surface area contributed by atoms with Crippen molar-refractivity contribution in [3.63, 3.8) is 0 Å². The minimum atomic E-state index is -1.52. The Hall–Kier alpha value is -5.35. The van der Waals surface area contributed by atoms with Crippen LogP contribution < -0.4 is 20.3 Å². The van der Waals surface area contributed by atoms with Crippen LogP contribution in [0.3, 0.4) is 0 Å². The maximum Gasteiger partial charge on any atom is 0.266 e. The van der Waals surface area contributed by atoms with Gasteiger partial charge in [0.15, 0.2) is 11.6 Å². The monoisotopic (exact) mass is 620 g/mol. The summed E-state index contributed by atoms with van der Waals surface area (Å²) in [4.78, 5) is 22.5. The van der Waals surface area contributed by atoms with Crippen molar-refractivity contribution in [1.29, 1.82) is 0 Å². The van der Waals surface area contributed by atoms with Crippen LogP contribution >= 0.6 is 0 Å². The number of amides is 1. The zero-order valence-corrected chi connectivity index (χ0v) is 25.5. The lowest BCUT2D eigenvalue weighted by atomic mass is 9.81. The maximum atomic E-state index is 14.4. The number of rotatable bonds is 15. The smallest absolute Gasteiger partial charge is 0.266 e. The molecule has 3 N–H and O–H groups in total. The first-order valence-corrected chi connectivity index (χ1v) is 15.0. The number of ether oxygens (including phenoxy) is 3. The van der Waals surface area contributed by atoms with Gasteiger partial charge < -0.3 is 19.3 Å². The number of nitrogens with zero attached hydrogens (tertiary/aromatic N) is 4. The SMILES string of the molecule is COc1cccc([C@@H]2OC(c3ccc(OCCCO)cc3)=N[C@]2(Cc2ccccc2N=[N+]=[N-])C(=O)NNCCc2ccccc2)c1. The molecule has 2 atom stereocenters. The Balaban J connectivity index is 1.54. The Labute approximate surface area is 267 Å². The maximum absolute atomic E-state index is 14.4. The Morgan fingerprint density at radius 1 is 1.02 bits per heavy atom. The highest BCUT2D eigenvalue weighted by molar-refractivity contribution is 6.01. The van der Waals surface area contributed by atoms with Crippen molar-refractivity contribution in [3.05, 3.63) is 136 Å². The zero-order chi connectivity index (χ0) is 32.2. The lowest BCUT2D eigenvalue weighted by Gasteiger charge is -2.31. The fourth-order valence-electron chi connectivity index (χ4n) is 5.29. The third-order valence-electron chi connectivity index (χ3n) is 7.61. The molecule has 11 nitrogen and oxygen atoms in total. The molecule has 0 radical (unpaired) electrons. The third-order valence-corrected chi connectivity index (χ3v) is 7.61. The van der Waals surface area contributed by atoms with Crippen molar-refractivity contribution >= 4 is 17.5 Å². The van der Waals surface area contributed by atoms with Crippen LogP contribution in [0.5, 0.6) is 11.5 Å². The van der Waals surface area contributed by atoms with Crippen molar-refractivity contribution in [2.45, 2.75) is 30.9 Å². The molecule has 0 fully saturated rings. The highest BCUT2D eigenvalue weighted by Gasteiger charge is 2.53. The van der Waals surface area contributed by atoms with Crippen LogP contribution in [0.1, 0.15) is 34.8 Å². The highest BCUT2D eigenvalue weighted by atomic mass is 16.5. The van der Waals surface area contributed by atoms with Crippen LogP contribution in [0.15, 0.2) is 113 Å². The van der Waals surface area contributed by atoms with Crippen molar-refractivity contribution < 1.29 is 24.1 Å². The molecule has 0 aliphatic carbocycles. The molecule has 1 amide bonds. The van der Waals surface area contributed by atoms with Crippen LogP contribution in [0, 0.1) is 0 Å². The normalized spacial score (nSPS) is 16.9. The fourth-order valence-corrected chi connectivity index (χ4v) is 5.29. The number of hydrogen-bond acceptors (Lipinski definition) is 8. The summed E-state index contributed by atoms with van der Waals surface area (Å²) in [6, 6.07) is 31.7. The predicted molar refractivity (Wildman–Crippen MR) is 175 cm³/mol. The summed E-state index contributed by atoms with van der Waals surface area (Å²) >= 11 is 0. The molecule has 1 aliphatic heterocycles. The molecule has 1 heterocycles. The van der Waals surface area contributed by atoms with Crippen LogP contribution in [-0.4, -0.2) is 49.3 Å². The van der Waals surface area contributed by atoms with E-state index in [1.807, 2.05) is 78.9 Å². The van der Waals surface area contributed by atoms with Gasteiger partial charge in [-0.2, -0.15) is 0 Å². The van der Waals surface area contributed by atoms with Gasteiger partial charge in [-0.25, -0.2) is 10.4 Å². The number of azide groups is 1. The van der Waals surface area contributed by atoms with Crippen LogP contribution in [0.25, 0.3) is 10.4 Å². The number of benzene rings is 4. The minimum Gasteiger partial charge on any atom is -0.497 e. The number of aliphatic imine (C=N–C) groups is 1. The van der Waals surface area contributed by atoms with E-state index in [0.717, 1.165) is 5.56 Å². The number of carbonyl (C=O) groups excluding carboxylic acids is 1. The van der Waals surface area contributed by atoms with Gasteiger partial charge in [0, 0.05) is 42.2 Å². The summed E-state index contributed by atoms with van der Waals surface area (Å²) in [5.74, 6) is 1.09. The van der Waals surface area contributed by atoms with Crippen LogP contribution in [0.4, 0.5) is 5.69 Å². The lowest BCUT2D eigenvalue weighted by Crippen LogP contribution is -2.54. The van der Waals surface area contributed by atoms with Gasteiger partial charge in [0.2, 0.25) is 5.90 Å². The van der Waals surface area contributed by atoms with Gasteiger partial charge in [-0.1, -0.05) is 71.8 Å². The number of carbonyl (C=O) groups is 1. The molecule has 236 valence electrons. The van der Waals surface area contributed by atoms with Crippen molar-refractivity contribution in [3.8, 4) is 11.5 Å². The first-order chi connectivity index (χ1) is 22.6. The van der Waals surface area contributed by atoms with E-state index in [2.05, 4.69) is 20.9 Å². The third kappa shape index (κ3) is 7.65. The Morgan fingerprint density at radius 2 is 1.80 bits per heavy atom. The average Bonchev–Trinajstić information content (AvgIpc) is 3.49. The Kier molecular flexibility index (Phi) is 10.9. The lowest BCUT2D eigenvalue weighted by molar-refractivity contribution is -0.130. The van der Waals surface area contributed by atoms with E-state index in [0.29, 0.717) is 59.9 Å². The van der Waals surface area contributed by atoms with E-state index in [1.165, 1.54) is 0 Å². The summed E-state index contributed by atoms with van der Waals surface area (Å²) in [5.41, 5.74) is 17.2. The Morgan fingerprint density at radius 3 is 2.57 bits per heavy atom. The predicted octanol–water partition coefficient (Wildman–Crippen LogP) is 5.76. The number of aliphatic hydroxyl groups is 1. The van der Waals surface area contributed by atoms with Crippen LogP contribution in [0.2, 0.25) is 0 Å². The number of nitrogens with one attached hydrogen (secondary N) is 2. The van der Waals surface area contributed by atoms with Gasteiger partial charge in [0.05, 0.1) is 13.7 Å². The first-order valence-electron chi connectivity index (χ1n) is 15.0. The van der Waals surface area contributed by atoms with Gasteiger partial charge in [0.25, 0.3) is 5.91 Å². The first kappa shape index (κ1) is 32.1. The van der Waals surface area contributed by atoms with Gasteiger partial charge in [-0.15, -0.1) is 0 Å². The standard InChI is InChI=1S/C35H36N6O5/c1-44-30-13-7-12-27(23-30)32-35(24-28-11-5-6-14-31(28)39-41-36,34(43)40-37-20-19-25-9-3-2-4-10-25)38-33(46-32)26-15-17-29(18-16-26)45-22-8-21-42/h2-7,9-18,23,32,37,42H,8,19-22,24H2,1H3,(H,40,43)/t32-,35-/m0/s1. The minimum absolute atomic E-state index is 0.0441. The van der Waals surface area contributed by atoms with E-state index in [4.69, 9.17) is 24.3 Å². The van der Waals surface area contributed by atoms with Gasteiger partial charge in [-0.05, 0) is 65.0 Å². The summed E-state index contributed by atoms with van der Waals surface area (Å²) in [5, 5.41) is 13.0. The molecule has 0 unspecified atom stereocenters. The molecule has 4 aromatic carbocycles. The van der Waals surface area contributed by atoms with Crippen molar-refractivity contribution in [1.82, 2.24) is 10.9 Å². The van der Waals surface area contributed by atoms with E-state index in [1.54, 1.807) is 31.4 Å². The molecule has 0 saturated carbocycles. The largest absolute Gasteiger partial charge is 0.497 e. The van der Waals surface area contributed by atoms with E-state index in [-0.39, 0.29) is 18.9 Å². The number of aliphatic hydroxyl groups excluding tert-OH is 1. The number of methoxy groups -OCH3 is 1. The van der Waals surface area contributed by atoms with E-state index in [9.17, 15) is 10.3 Å². The molecular weight excluding hydrogens is 584 g/mol. The second kappa shape index (κ2) is 15.6. The summed E-state index contributed by atoms with van der Waals surface area (Å²) in [7, 11) is 1.58. The molecule has 11 heteroatoms. The van der Waals surface area contributed by atoms with Crippen molar-refractivity contribution in [2.75, 3.05) is 26.9 Å². The Bertz CT molecular complexity index is 1690. The summed E-state index contributed by atoms with van der Waals surface area (Å²) < 4.78 is 17.8. The molecule has 0 bridgehead atoms. The van der Waals surface area contributed by atoms with Gasteiger partial charge >= 0.3 is 0 Å². The molecule has 4 aromatic rings. The second-order valence-electron chi connectivity index (χ2n) is 10.7. The molecule has 1 aliphatic rings. The molecule has 5 rings (SSSR count). The van der Waals surface area contributed by atoms with Crippen molar-refractivity contribution in [2.24, 2.45) is 10.1 Å². The topological polar surface area (TPSA) is 150 Å². The number of hydrogen-bond donors (Lipinski definition) is 3. The van der Waals surface area contributed by atoms with E-state index >= 15 is 0 Å². The van der Waals surface area contributed by atoms with Crippen LogP contribution in [-0.2, 0) is 22.4 Å².